The van der Waals surface area contributed by atoms with Crippen molar-refractivity contribution in [3.05, 3.63) is 0 Å². The summed E-state index contributed by atoms with van der Waals surface area (Å²) in [4.78, 5) is 67.9. The van der Waals surface area contributed by atoms with Gasteiger partial charge in [-0.2, -0.15) is 0 Å². The highest BCUT2D eigenvalue weighted by molar-refractivity contribution is 14.1. The summed E-state index contributed by atoms with van der Waals surface area (Å²) in [7, 11) is 2.61. The molecule has 0 radical (unpaired) electrons. The van der Waals surface area contributed by atoms with Gasteiger partial charge in [0.05, 0.1) is 17.1 Å². The van der Waals surface area contributed by atoms with Crippen molar-refractivity contribution in [3.8, 4) is 0 Å². The molecule has 196 valence electrons. The molecule has 2 rings (SSSR count). The molecular weight excluding hydrogens is 601 g/mol. The number of methoxy groups -OCH3 is 1. The number of hydrogen-bond acceptors (Lipinski definition) is 12. The summed E-state index contributed by atoms with van der Waals surface area (Å²) in [5.74, 6) is -2.31. The summed E-state index contributed by atoms with van der Waals surface area (Å²) in [6, 6.07) is -0.902. The number of ether oxygens (including phenoxy) is 4. The van der Waals surface area contributed by atoms with Crippen molar-refractivity contribution in [2.75, 3.05) is 37.6 Å². The lowest BCUT2D eigenvalue weighted by Gasteiger charge is -2.53. The molecule has 15 heteroatoms. The average Bonchev–Trinajstić information content (AvgIpc) is 2.79. The number of amides is 2. The van der Waals surface area contributed by atoms with Crippen LogP contribution in [0.2, 0.25) is 0 Å². The van der Waals surface area contributed by atoms with Crippen molar-refractivity contribution in [3.63, 3.8) is 0 Å². The van der Waals surface area contributed by atoms with Gasteiger partial charge in [-0.1, -0.05) is 27.7 Å². The molecule has 2 heterocycles. The van der Waals surface area contributed by atoms with Crippen LogP contribution >= 0.6 is 34.4 Å². The number of carbonyl (C=O) groups excluding carboxylic acids is 5. The highest BCUT2D eigenvalue weighted by atomic mass is 127. The summed E-state index contributed by atoms with van der Waals surface area (Å²) >= 11 is 3.04. The number of thioether (sulfide) groups is 1. The van der Waals surface area contributed by atoms with E-state index < -0.39 is 64.7 Å². The van der Waals surface area contributed by atoms with Crippen molar-refractivity contribution < 1.29 is 47.8 Å². The number of fused-ring (bicyclic) bond motifs is 1. The van der Waals surface area contributed by atoms with E-state index in [0.717, 1.165) is 0 Å². The van der Waals surface area contributed by atoms with Gasteiger partial charge in [0, 0.05) is 26.3 Å². The van der Waals surface area contributed by atoms with Gasteiger partial charge in [0.2, 0.25) is 17.9 Å². The predicted molar refractivity (Wildman–Crippen MR) is 131 cm³/mol. The molecule has 3 unspecified atom stereocenters. The minimum atomic E-state index is -1.22. The second-order valence-corrected chi connectivity index (χ2v) is 9.89. The van der Waals surface area contributed by atoms with Crippen LogP contribution < -0.4 is 5.32 Å². The minimum Gasteiger partial charge on any atom is -0.431 e. The Balaban J connectivity index is 2.05. The van der Waals surface area contributed by atoms with Crippen LogP contribution in [0.1, 0.15) is 20.8 Å². The molecule has 4 atom stereocenters. The number of β-lactam (4-membered cyclic amide) rings is 1. The van der Waals surface area contributed by atoms with Crippen molar-refractivity contribution in [2.24, 2.45) is 10.6 Å². The third-order valence-electron chi connectivity index (χ3n) is 4.94. The van der Waals surface area contributed by atoms with Crippen molar-refractivity contribution in [1.29, 1.82) is 0 Å². The number of nitrogens with one attached hydrogen (secondary N) is 1. The van der Waals surface area contributed by atoms with E-state index in [4.69, 9.17) is 18.9 Å². The number of rotatable bonds is 11. The zero-order valence-corrected chi connectivity index (χ0v) is 22.9. The van der Waals surface area contributed by atoms with Crippen LogP contribution in [0.4, 0.5) is 4.79 Å². The minimum absolute atomic E-state index is 0.00919. The molecule has 2 aliphatic heterocycles. The van der Waals surface area contributed by atoms with Crippen LogP contribution in [0.25, 0.3) is 0 Å². The Morgan fingerprint density at radius 2 is 1.89 bits per heavy atom. The van der Waals surface area contributed by atoms with Gasteiger partial charge in [-0.25, -0.2) is 4.79 Å². The first-order valence-electron chi connectivity index (χ1n) is 10.5. The lowest BCUT2D eigenvalue weighted by molar-refractivity contribution is -0.185. The van der Waals surface area contributed by atoms with Gasteiger partial charge in [-0.15, -0.1) is 11.8 Å². The second kappa shape index (κ2) is 12.7. The smallest absolute Gasteiger partial charge is 0.431 e. The van der Waals surface area contributed by atoms with E-state index in [9.17, 15) is 24.0 Å². The summed E-state index contributed by atoms with van der Waals surface area (Å²) in [5.41, 5.74) is -1.66. The molecule has 2 saturated heterocycles. The number of oxime groups is 1. The molecule has 2 amide bonds. The maximum absolute atomic E-state index is 13.0. The quantitative estimate of drug-likeness (QED) is 0.0495. The normalized spacial score (nSPS) is 24.6. The maximum atomic E-state index is 13.0. The average molecular weight is 629 g/mol. The van der Waals surface area contributed by atoms with Gasteiger partial charge in [0.15, 0.2) is 5.78 Å². The topological polar surface area (TPSA) is 159 Å². The molecule has 0 saturated carbocycles. The second-order valence-electron chi connectivity index (χ2n) is 8.02. The Hall–Kier alpha value is -2.14. The summed E-state index contributed by atoms with van der Waals surface area (Å²) in [6.07, 6.45) is -2.61. The van der Waals surface area contributed by atoms with E-state index in [2.05, 4.69) is 15.3 Å². The Kier molecular flexibility index (Phi) is 10.6. The van der Waals surface area contributed by atoms with Crippen molar-refractivity contribution in [1.82, 2.24) is 10.2 Å². The van der Waals surface area contributed by atoms with E-state index in [-0.39, 0.29) is 23.3 Å². The largest absolute Gasteiger partial charge is 0.511 e. The summed E-state index contributed by atoms with van der Waals surface area (Å²) < 4.78 is 20.3. The number of esters is 1. The number of carbonyl (C=O) groups is 5. The fraction of sp³-hybridized carbons (Fsp3) is 0.700. The lowest BCUT2D eigenvalue weighted by Crippen LogP contribution is -2.74. The van der Waals surface area contributed by atoms with Crippen LogP contribution in [-0.2, 0) is 43.0 Å². The molecule has 13 nitrogen and oxygen atoms in total. The molecule has 0 aromatic carbocycles. The molecule has 0 bridgehead atoms. The number of ketones is 1. The fourth-order valence-corrected chi connectivity index (χ4v) is 5.29. The zero-order chi connectivity index (χ0) is 26.3. The predicted octanol–water partition coefficient (Wildman–Crippen LogP) is 0.476. The molecule has 0 spiro atoms. The molecule has 0 aromatic rings. The fourth-order valence-electron chi connectivity index (χ4n) is 3.41. The van der Waals surface area contributed by atoms with Crippen LogP contribution in [0.5, 0.6) is 0 Å². The number of alkyl halides is 1. The Bertz CT molecular complexity index is 885. The Morgan fingerprint density at radius 1 is 1.20 bits per heavy atom. The van der Waals surface area contributed by atoms with Gasteiger partial charge < -0.3 is 34.0 Å². The van der Waals surface area contributed by atoms with Gasteiger partial charge in [-0.05, 0) is 13.8 Å². The first-order valence-corrected chi connectivity index (χ1v) is 13.1. The Morgan fingerprint density at radius 3 is 2.46 bits per heavy atom. The monoisotopic (exact) mass is 629 g/mol. The lowest BCUT2D eigenvalue weighted by atomic mass is 9.88. The Labute approximate surface area is 220 Å². The van der Waals surface area contributed by atoms with Gasteiger partial charge in [-0.3, -0.25) is 19.2 Å². The summed E-state index contributed by atoms with van der Waals surface area (Å²) in [6.45, 7) is 4.58. The van der Waals surface area contributed by atoms with E-state index in [1.54, 1.807) is 36.4 Å². The van der Waals surface area contributed by atoms with Crippen LogP contribution in [0.3, 0.4) is 0 Å². The molecule has 35 heavy (non-hydrogen) atoms. The number of Topliss-reactive ketones (excluding diaryl/α,β-unsaturated/α-hetero) is 1. The van der Waals surface area contributed by atoms with E-state index >= 15 is 0 Å². The van der Waals surface area contributed by atoms with Crippen molar-refractivity contribution in [2.45, 2.75) is 44.6 Å². The number of halogens is 1. The molecular formula is C20H28IN3O10S. The first-order chi connectivity index (χ1) is 16.5. The van der Waals surface area contributed by atoms with Gasteiger partial charge in [0.1, 0.15) is 23.9 Å². The van der Waals surface area contributed by atoms with Crippen LogP contribution in [-0.4, -0.2) is 102 Å². The van der Waals surface area contributed by atoms with E-state index in [1.165, 1.54) is 37.8 Å². The van der Waals surface area contributed by atoms with E-state index in [1.807, 2.05) is 0 Å². The highest BCUT2D eigenvalue weighted by Crippen LogP contribution is 2.43. The zero-order valence-electron chi connectivity index (χ0n) is 19.9. The first kappa shape index (κ1) is 29.1. The maximum Gasteiger partial charge on any atom is 0.511 e. The number of hydrogen-bond donors (Lipinski definition) is 1. The molecule has 0 aliphatic carbocycles. The van der Waals surface area contributed by atoms with E-state index in [0.29, 0.717) is 0 Å². The van der Waals surface area contributed by atoms with Crippen LogP contribution in [0.15, 0.2) is 5.16 Å². The SMILES string of the molecule is COCC1(C(=O)OC(C)OC(=O)OC(C)C)CS[C@@H]2C(NC(=O)C(=NOC)C(=O)CI)C(=O)N2C1. The standard InChI is InChI=1S/C20H28IN3O10S/c1-10(2)32-19(29)34-11(3)33-18(28)20(8-30-4)7-24-16(27)14(17(24)35-9-20)22-15(26)13(23-31-5)12(25)6-21/h10-11,14,17H,6-9H2,1-5H3,(H,22,26)/t11?,14?,17-,20?/m1/s1. The van der Waals surface area contributed by atoms with Crippen molar-refractivity contribution >= 4 is 69.8 Å². The van der Waals surface area contributed by atoms with Crippen LogP contribution in [0, 0.1) is 5.41 Å². The van der Waals surface area contributed by atoms with Gasteiger partial charge in [0.25, 0.3) is 5.91 Å². The third-order valence-corrected chi connectivity index (χ3v) is 7.22. The third kappa shape index (κ3) is 6.97. The molecule has 2 fully saturated rings. The molecule has 1 N–H and O–H groups in total. The highest BCUT2D eigenvalue weighted by Gasteiger charge is 2.58. The van der Waals surface area contributed by atoms with Gasteiger partial charge >= 0.3 is 12.1 Å². The molecule has 0 aromatic heterocycles. The number of nitrogens with zero attached hydrogens (tertiary/aromatic N) is 2. The molecule has 2 aliphatic rings. The summed E-state index contributed by atoms with van der Waals surface area (Å²) in [5, 5.41) is 5.52.